The first kappa shape index (κ1) is 28.5. The number of anilines is 1. The van der Waals surface area contributed by atoms with Crippen molar-refractivity contribution in [2.24, 2.45) is 5.92 Å². The quantitative estimate of drug-likeness (QED) is 0.203. The maximum absolute atomic E-state index is 14.4. The van der Waals surface area contributed by atoms with Crippen molar-refractivity contribution >= 4 is 23.5 Å². The molecule has 0 aliphatic carbocycles. The molecule has 3 atom stereocenters. The maximum Gasteiger partial charge on any atom is 0.417 e. The molecule has 2 N–H and O–H groups in total. The fraction of sp³-hybridized carbons (Fsp3) is 0.182. The first-order valence-electron chi connectivity index (χ1n) is 13.4. The highest BCUT2D eigenvalue weighted by atomic mass is 19.1. The van der Waals surface area contributed by atoms with E-state index in [9.17, 15) is 28.3 Å². The third kappa shape index (κ3) is 6.46. The van der Waals surface area contributed by atoms with Crippen molar-refractivity contribution in [3.8, 4) is 5.75 Å². The summed E-state index contributed by atoms with van der Waals surface area (Å²) < 4.78 is 32.5. The number of imide groups is 1. The molecule has 9 heteroatoms. The second-order valence-corrected chi connectivity index (χ2v) is 10.0. The van der Waals surface area contributed by atoms with E-state index < -0.39 is 41.6 Å². The van der Waals surface area contributed by atoms with Gasteiger partial charge in [0.25, 0.3) is 0 Å². The molecule has 0 bridgehead atoms. The number of benzene rings is 4. The van der Waals surface area contributed by atoms with Gasteiger partial charge in [-0.2, -0.15) is 0 Å². The number of carbonyl (C=O) groups excluding carboxylic acids is 3. The average Bonchev–Trinajstić information content (AvgIpc) is 3.40. The minimum Gasteiger partial charge on any atom is -0.508 e. The minimum absolute atomic E-state index is 0.0140. The Balaban J connectivity index is 1.53. The third-order valence-electron chi connectivity index (χ3n) is 7.28. The normalized spacial score (nSPS) is 16.0. The monoisotopic (exact) mass is 570 g/mol. The smallest absolute Gasteiger partial charge is 0.417 e. The largest absolute Gasteiger partial charge is 0.508 e. The van der Waals surface area contributed by atoms with Gasteiger partial charge in [-0.1, -0.05) is 42.5 Å². The van der Waals surface area contributed by atoms with Crippen LogP contribution < -0.4 is 5.32 Å². The molecule has 4 aromatic carbocycles. The highest BCUT2D eigenvalue weighted by Gasteiger charge is 2.44. The van der Waals surface area contributed by atoms with Gasteiger partial charge in [-0.25, -0.2) is 18.5 Å². The number of carbonyl (C=O) groups is 3. The number of rotatable bonds is 10. The molecule has 7 nitrogen and oxygen atoms in total. The average molecular weight is 571 g/mol. The summed E-state index contributed by atoms with van der Waals surface area (Å²) in [7, 11) is 0. The Morgan fingerprint density at radius 1 is 0.881 bits per heavy atom. The van der Waals surface area contributed by atoms with Gasteiger partial charge in [-0.3, -0.25) is 9.59 Å². The lowest BCUT2D eigenvalue weighted by Gasteiger charge is -2.32. The van der Waals surface area contributed by atoms with E-state index >= 15 is 0 Å². The van der Waals surface area contributed by atoms with Gasteiger partial charge in [0.1, 0.15) is 30.0 Å². The molecule has 5 rings (SSSR count). The Hall–Kier alpha value is -5.05. The van der Waals surface area contributed by atoms with Crippen molar-refractivity contribution < 1.29 is 33.0 Å². The minimum atomic E-state index is -0.985. The fourth-order valence-electron chi connectivity index (χ4n) is 5.09. The van der Waals surface area contributed by atoms with Crippen molar-refractivity contribution in [2.45, 2.75) is 24.9 Å². The van der Waals surface area contributed by atoms with Gasteiger partial charge in [0.15, 0.2) is 5.78 Å². The number of cyclic esters (lactones) is 1. The van der Waals surface area contributed by atoms with Crippen LogP contribution in [0.5, 0.6) is 5.75 Å². The zero-order valence-corrected chi connectivity index (χ0v) is 22.5. The topological polar surface area (TPSA) is 95.9 Å². The molecule has 0 aromatic heterocycles. The molecule has 2 amide bonds. The predicted octanol–water partition coefficient (Wildman–Crippen LogP) is 6.82. The van der Waals surface area contributed by atoms with E-state index in [2.05, 4.69) is 5.32 Å². The van der Waals surface area contributed by atoms with Gasteiger partial charge < -0.3 is 15.2 Å². The molecule has 0 unspecified atom stereocenters. The number of hydrogen-bond donors (Lipinski definition) is 2. The van der Waals surface area contributed by atoms with Crippen LogP contribution in [0.4, 0.5) is 19.3 Å². The number of halogens is 2. The van der Waals surface area contributed by atoms with Crippen LogP contribution in [0.15, 0.2) is 103 Å². The Bertz CT molecular complexity index is 1540. The lowest BCUT2D eigenvalue weighted by molar-refractivity contribution is -0.134. The van der Waals surface area contributed by atoms with E-state index in [1.165, 1.54) is 60.7 Å². The molecule has 1 aliphatic heterocycles. The molecule has 1 aliphatic rings. The highest BCUT2D eigenvalue weighted by Crippen LogP contribution is 2.37. The molecule has 4 aromatic rings. The van der Waals surface area contributed by atoms with Crippen LogP contribution >= 0.6 is 0 Å². The molecule has 1 fully saturated rings. The Kier molecular flexibility index (Phi) is 8.57. The first-order valence-corrected chi connectivity index (χ1v) is 13.4. The van der Waals surface area contributed by atoms with Crippen LogP contribution in [0.1, 0.15) is 46.4 Å². The number of amides is 2. The van der Waals surface area contributed by atoms with E-state index in [-0.39, 0.29) is 36.5 Å². The summed E-state index contributed by atoms with van der Waals surface area (Å²) >= 11 is 0. The number of nitrogens with one attached hydrogen (secondary N) is 1. The maximum atomic E-state index is 14.4. The van der Waals surface area contributed by atoms with Crippen molar-refractivity contribution in [1.29, 1.82) is 0 Å². The molecule has 0 radical (unpaired) electrons. The SMILES string of the molecule is O=C(CC[C@@H](C(=O)N1C(=O)OC[C@@H]1c1ccccc1)[C@H](Nc1ccc(F)cc1)c1ccc(O)cc1)c1ccc(F)cc1. The van der Waals surface area contributed by atoms with Crippen molar-refractivity contribution in [3.05, 3.63) is 131 Å². The molecular formula is C33H28F2N2O5. The van der Waals surface area contributed by atoms with Crippen LogP contribution in [-0.2, 0) is 9.53 Å². The van der Waals surface area contributed by atoms with Crippen LogP contribution in [0.2, 0.25) is 0 Å². The van der Waals surface area contributed by atoms with E-state index in [0.717, 1.165) is 4.90 Å². The number of aromatic hydroxyl groups is 1. The first-order chi connectivity index (χ1) is 20.3. The van der Waals surface area contributed by atoms with Gasteiger partial charge >= 0.3 is 6.09 Å². The molecule has 1 saturated heterocycles. The summed E-state index contributed by atoms with van der Waals surface area (Å²) in [6, 6.07) is 24.5. The summed E-state index contributed by atoms with van der Waals surface area (Å²) in [5.74, 6) is -2.75. The van der Waals surface area contributed by atoms with Gasteiger partial charge in [0.05, 0.1) is 12.0 Å². The number of nitrogens with zero attached hydrogens (tertiary/aromatic N) is 1. The zero-order chi connectivity index (χ0) is 29.6. The lowest BCUT2D eigenvalue weighted by atomic mass is 9.86. The van der Waals surface area contributed by atoms with Gasteiger partial charge in [-0.15, -0.1) is 0 Å². The van der Waals surface area contributed by atoms with Gasteiger partial charge in [0, 0.05) is 17.7 Å². The molecule has 0 saturated carbocycles. The number of hydrogen-bond acceptors (Lipinski definition) is 6. The Labute approximate surface area is 241 Å². The zero-order valence-electron chi connectivity index (χ0n) is 22.5. The summed E-state index contributed by atoms with van der Waals surface area (Å²) in [5.41, 5.74) is 2.10. The van der Waals surface area contributed by atoms with Gasteiger partial charge in [0.2, 0.25) is 5.91 Å². The van der Waals surface area contributed by atoms with Gasteiger partial charge in [-0.05, 0) is 78.2 Å². The second-order valence-electron chi connectivity index (χ2n) is 10.0. The van der Waals surface area contributed by atoms with E-state index in [1.807, 2.05) is 6.07 Å². The number of ether oxygens (including phenoxy) is 1. The van der Waals surface area contributed by atoms with Crippen LogP contribution in [0.3, 0.4) is 0 Å². The van der Waals surface area contributed by atoms with E-state index in [0.29, 0.717) is 16.8 Å². The molecule has 214 valence electrons. The Morgan fingerprint density at radius 3 is 2.14 bits per heavy atom. The molecule has 1 heterocycles. The molecule has 0 spiro atoms. The standard InChI is InChI=1S/C33H28F2N2O5/c34-24-10-6-22(7-11-24)30(39)19-18-28(32(40)37-29(20-42-33(37)41)21-4-2-1-3-5-21)31(23-8-16-27(38)17-9-23)36-26-14-12-25(35)13-15-26/h1-17,28-29,31,36,38H,18-20H2/t28-,29-,31-/m1/s1. The van der Waals surface area contributed by atoms with Crippen molar-refractivity contribution in [2.75, 3.05) is 11.9 Å². The van der Waals surface area contributed by atoms with Crippen LogP contribution in [0, 0.1) is 17.6 Å². The van der Waals surface area contributed by atoms with Crippen LogP contribution in [-0.4, -0.2) is 34.4 Å². The fourth-order valence-corrected chi connectivity index (χ4v) is 5.09. The summed E-state index contributed by atoms with van der Waals surface area (Å²) in [4.78, 5) is 41.6. The number of ketones is 1. The predicted molar refractivity (Wildman–Crippen MR) is 152 cm³/mol. The Morgan fingerprint density at radius 2 is 1.50 bits per heavy atom. The second kappa shape index (κ2) is 12.6. The summed E-state index contributed by atoms with van der Waals surface area (Å²) in [6.45, 7) is -0.0227. The van der Waals surface area contributed by atoms with Crippen molar-refractivity contribution in [3.63, 3.8) is 0 Å². The van der Waals surface area contributed by atoms with E-state index in [1.54, 1.807) is 36.4 Å². The molecular weight excluding hydrogens is 542 g/mol. The molecule has 42 heavy (non-hydrogen) atoms. The highest BCUT2D eigenvalue weighted by molar-refractivity contribution is 5.98. The van der Waals surface area contributed by atoms with E-state index in [4.69, 9.17) is 4.74 Å². The van der Waals surface area contributed by atoms with Crippen LogP contribution in [0.25, 0.3) is 0 Å². The lowest BCUT2D eigenvalue weighted by Crippen LogP contribution is -2.42. The number of Topliss-reactive ketones (excluding diaryl/α,β-unsaturated/α-hetero) is 1. The summed E-state index contributed by atoms with van der Waals surface area (Å²) in [6.07, 6.45) is -0.865. The number of phenols is 1. The third-order valence-corrected chi connectivity index (χ3v) is 7.28. The van der Waals surface area contributed by atoms with Crippen molar-refractivity contribution in [1.82, 2.24) is 4.90 Å². The summed E-state index contributed by atoms with van der Waals surface area (Å²) in [5, 5.41) is 13.2. The number of phenolic OH excluding ortho intramolecular Hbond substituents is 1.